The van der Waals surface area contributed by atoms with Crippen LogP contribution in [0.15, 0.2) is 30.3 Å². The number of halogens is 2. The van der Waals surface area contributed by atoms with E-state index in [-0.39, 0.29) is 23.7 Å². The molecule has 2 aliphatic heterocycles. The number of alkyl halides is 1. The Morgan fingerprint density at radius 3 is 2.74 bits per heavy atom. The molecular formula is C25H27F2N5O2S. The number of phenols is 1. The van der Waals surface area contributed by atoms with Crippen molar-refractivity contribution in [1.29, 1.82) is 0 Å². The first-order valence-electron chi connectivity index (χ1n) is 12.1. The van der Waals surface area contributed by atoms with E-state index in [1.807, 2.05) is 0 Å². The Morgan fingerprint density at radius 1 is 1.11 bits per heavy atom. The monoisotopic (exact) mass is 499 g/mol. The number of pyridine rings is 1. The maximum Gasteiger partial charge on any atom is 0.216 e. The summed E-state index contributed by atoms with van der Waals surface area (Å²) in [7, 11) is 1.42. The van der Waals surface area contributed by atoms with Crippen molar-refractivity contribution < 1.29 is 18.6 Å². The Morgan fingerprint density at radius 2 is 1.97 bits per heavy atom. The lowest BCUT2D eigenvalue weighted by Crippen LogP contribution is -2.62. The zero-order valence-corrected chi connectivity index (χ0v) is 20.1. The molecule has 6 rings (SSSR count). The SMILES string of the molecule is COc1cc(-c2ccc(-c3nnc(N(C4CC4)[C@@H]4CC5CCCC(N5)[C@@H]4F)s3)c(O)c2)cc(F)n1. The van der Waals surface area contributed by atoms with Gasteiger partial charge in [0.05, 0.1) is 18.7 Å². The molecule has 1 aromatic carbocycles. The number of aromatic nitrogens is 3. The van der Waals surface area contributed by atoms with Gasteiger partial charge in [-0.25, -0.2) is 4.39 Å². The number of nitrogens with zero attached hydrogens (tertiary/aromatic N) is 4. The quantitative estimate of drug-likeness (QED) is 0.475. The number of phenolic OH excluding ortho intramolecular Hbond substituents is 1. The van der Waals surface area contributed by atoms with Crippen molar-refractivity contribution in [3.8, 4) is 33.3 Å². The minimum atomic E-state index is -0.940. The molecule has 7 nitrogen and oxygen atoms in total. The normalized spacial score (nSPS) is 25.9. The molecule has 0 spiro atoms. The number of aromatic hydroxyl groups is 1. The fourth-order valence-electron chi connectivity index (χ4n) is 5.43. The molecule has 3 aliphatic rings. The Hall–Kier alpha value is -2.85. The third-order valence-electron chi connectivity index (χ3n) is 7.27. The van der Waals surface area contributed by atoms with Gasteiger partial charge >= 0.3 is 0 Å². The Bertz CT molecular complexity index is 1240. The third kappa shape index (κ3) is 4.33. The molecular weight excluding hydrogens is 472 g/mol. The molecule has 3 aromatic rings. The van der Waals surface area contributed by atoms with Crippen LogP contribution in [0.1, 0.15) is 38.5 Å². The molecule has 35 heavy (non-hydrogen) atoms. The minimum Gasteiger partial charge on any atom is -0.507 e. The number of anilines is 1. The van der Waals surface area contributed by atoms with Crippen molar-refractivity contribution in [2.45, 2.75) is 68.9 Å². The first-order valence-corrected chi connectivity index (χ1v) is 12.9. The summed E-state index contributed by atoms with van der Waals surface area (Å²) in [6, 6.07) is 8.35. The van der Waals surface area contributed by atoms with Crippen molar-refractivity contribution in [2.24, 2.45) is 0 Å². The van der Waals surface area contributed by atoms with Crippen LogP contribution in [0, 0.1) is 5.95 Å². The molecule has 1 saturated carbocycles. The van der Waals surface area contributed by atoms with E-state index in [1.54, 1.807) is 24.3 Å². The van der Waals surface area contributed by atoms with E-state index < -0.39 is 12.1 Å². The number of benzene rings is 1. The summed E-state index contributed by atoms with van der Waals surface area (Å²) in [5.74, 6) is -0.491. The molecule has 184 valence electrons. The average molecular weight is 500 g/mol. The molecule has 3 fully saturated rings. The summed E-state index contributed by atoms with van der Waals surface area (Å²) < 4.78 is 34.4. The molecule has 1 aliphatic carbocycles. The second-order valence-electron chi connectivity index (χ2n) is 9.63. The second kappa shape index (κ2) is 8.98. The minimum absolute atomic E-state index is 0.0131. The van der Waals surface area contributed by atoms with Crippen LogP contribution in [-0.4, -0.2) is 57.7 Å². The summed E-state index contributed by atoms with van der Waals surface area (Å²) in [6.07, 6.45) is 4.95. The van der Waals surface area contributed by atoms with Gasteiger partial charge in [-0.2, -0.15) is 9.37 Å². The van der Waals surface area contributed by atoms with Crippen LogP contribution in [0.3, 0.4) is 0 Å². The smallest absolute Gasteiger partial charge is 0.216 e. The highest BCUT2D eigenvalue weighted by molar-refractivity contribution is 7.18. The number of fused-ring (bicyclic) bond motifs is 2. The number of ether oxygens (including phenoxy) is 1. The van der Waals surface area contributed by atoms with Crippen LogP contribution in [0.5, 0.6) is 11.6 Å². The van der Waals surface area contributed by atoms with Gasteiger partial charge in [0.25, 0.3) is 0 Å². The van der Waals surface area contributed by atoms with Crippen molar-refractivity contribution in [3.63, 3.8) is 0 Å². The van der Waals surface area contributed by atoms with Crippen LogP contribution in [0.25, 0.3) is 21.7 Å². The topological polar surface area (TPSA) is 83.4 Å². The first-order chi connectivity index (χ1) is 17.0. The van der Waals surface area contributed by atoms with Crippen LogP contribution in [-0.2, 0) is 0 Å². The van der Waals surface area contributed by atoms with Crippen LogP contribution < -0.4 is 15.0 Å². The molecule has 2 unspecified atom stereocenters. The molecule has 0 amide bonds. The standard InChI is InChI=1S/C25H27F2N5O2S/c1-34-22-11-14(10-21(26)29-22)13-5-8-17(20(33)9-13)24-30-31-25(35-24)32(16-6-7-16)19-12-15-3-2-4-18(28-15)23(19)27/h5,8-11,15-16,18-19,23,28,33H,2-4,6-7,12H2,1H3/t15?,18?,19-,23+/m1/s1. The van der Waals surface area contributed by atoms with Crippen molar-refractivity contribution in [3.05, 3.63) is 36.3 Å². The van der Waals surface area contributed by atoms with Crippen LogP contribution in [0.4, 0.5) is 13.9 Å². The largest absolute Gasteiger partial charge is 0.507 e. The average Bonchev–Trinajstić information content (AvgIpc) is 3.58. The highest BCUT2D eigenvalue weighted by Crippen LogP contribution is 2.43. The number of methoxy groups -OCH3 is 1. The third-order valence-corrected chi connectivity index (χ3v) is 8.24. The Balaban J connectivity index is 1.28. The first kappa shape index (κ1) is 22.6. The van der Waals surface area contributed by atoms with E-state index in [0.29, 0.717) is 38.9 Å². The van der Waals surface area contributed by atoms with Gasteiger partial charge < -0.3 is 20.1 Å². The maximum absolute atomic E-state index is 15.5. The summed E-state index contributed by atoms with van der Waals surface area (Å²) >= 11 is 1.38. The predicted molar refractivity (Wildman–Crippen MR) is 130 cm³/mol. The van der Waals surface area contributed by atoms with Gasteiger partial charge in [-0.3, -0.25) is 0 Å². The van der Waals surface area contributed by atoms with Gasteiger partial charge in [-0.15, -0.1) is 10.2 Å². The number of hydrogen-bond acceptors (Lipinski definition) is 8. The number of piperidine rings is 2. The molecule has 2 aromatic heterocycles. The predicted octanol–water partition coefficient (Wildman–Crippen LogP) is 4.71. The van der Waals surface area contributed by atoms with Gasteiger partial charge in [-0.1, -0.05) is 23.8 Å². The highest BCUT2D eigenvalue weighted by atomic mass is 32.1. The fraction of sp³-hybridized carbons (Fsp3) is 0.480. The number of rotatable bonds is 6. The highest BCUT2D eigenvalue weighted by Gasteiger charge is 2.47. The van der Waals surface area contributed by atoms with Crippen molar-refractivity contribution in [1.82, 2.24) is 20.5 Å². The molecule has 10 heteroatoms. The van der Waals surface area contributed by atoms with Crippen molar-refractivity contribution in [2.75, 3.05) is 12.0 Å². The van der Waals surface area contributed by atoms with Crippen molar-refractivity contribution >= 4 is 16.5 Å². The van der Waals surface area contributed by atoms with Gasteiger partial charge in [0, 0.05) is 30.3 Å². The molecule has 0 radical (unpaired) electrons. The zero-order valence-electron chi connectivity index (χ0n) is 19.3. The van der Waals surface area contributed by atoms with E-state index in [4.69, 9.17) is 4.74 Å². The lowest BCUT2D eigenvalue weighted by atomic mass is 9.82. The van der Waals surface area contributed by atoms with Crippen LogP contribution in [0.2, 0.25) is 0 Å². The van der Waals surface area contributed by atoms with E-state index in [2.05, 4.69) is 25.4 Å². The van der Waals surface area contributed by atoms with Crippen LogP contribution >= 0.6 is 11.3 Å². The molecule has 2 bridgehead atoms. The summed E-state index contributed by atoms with van der Waals surface area (Å²) in [5.41, 5.74) is 1.70. The van der Waals surface area contributed by atoms with Gasteiger partial charge in [0.2, 0.25) is 17.0 Å². The fourth-order valence-corrected chi connectivity index (χ4v) is 6.44. The lowest BCUT2D eigenvalue weighted by Gasteiger charge is -2.46. The van der Waals surface area contributed by atoms with E-state index in [0.717, 1.165) is 38.5 Å². The Kier molecular flexibility index (Phi) is 5.80. The van der Waals surface area contributed by atoms with E-state index in [1.165, 1.54) is 24.5 Å². The molecule has 2 N–H and O–H groups in total. The molecule has 4 atom stereocenters. The summed E-state index contributed by atoms with van der Waals surface area (Å²) in [6.45, 7) is 0. The maximum atomic E-state index is 15.5. The van der Waals surface area contributed by atoms with Gasteiger partial charge in [0.1, 0.15) is 11.9 Å². The summed E-state index contributed by atoms with van der Waals surface area (Å²) in [5, 5.41) is 24.3. The number of hydrogen-bond donors (Lipinski definition) is 2. The second-order valence-corrected chi connectivity index (χ2v) is 10.6. The van der Waals surface area contributed by atoms with E-state index in [9.17, 15) is 9.50 Å². The molecule has 2 saturated heterocycles. The molecule has 4 heterocycles. The van der Waals surface area contributed by atoms with Gasteiger partial charge in [-0.05, 0) is 55.4 Å². The van der Waals surface area contributed by atoms with Gasteiger partial charge in [0.15, 0.2) is 5.01 Å². The Labute approximate surface area is 206 Å². The summed E-state index contributed by atoms with van der Waals surface area (Å²) in [4.78, 5) is 5.82. The lowest BCUT2D eigenvalue weighted by molar-refractivity contribution is 0.104. The zero-order chi connectivity index (χ0) is 24.1. The number of nitrogens with one attached hydrogen (secondary N) is 1. The van der Waals surface area contributed by atoms with E-state index >= 15 is 4.39 Å².